The summed E-state index contributed by atoms with van der Waals surface area (Å²) in [7, 11) is 0. The predicted octanol–water partition coefficient (Wildman–Crippen LogP) is 6.71. The molecule has 0 spiro atoms. The first-order valence-electron chi connectivity index (χ1n) is 10.6. The molecule has 0 unspecified atom stereocenters. The van der Waals surface area contributed by atoms with E-state index in [-0.39, 0.29) is 0 Å². The van der Waals surface area contributed by atoms with Crippen LogP contribution >= 0.6 is 0 Å². The summed E-state index contributed by atoms with van der Waals surface area (Å²) < 4.78 is 5.87. The van der Waals surface area contributed by atoms with E-state index in [1.165, 1.54) is 77.0 Å². The van der Waals surface area contributed by atoms with Crippen molar-refractivity contribution in [1.82, 2.24) is 0 Å². The number of ether oxygens (including phenoxy) is 1. The summed E-state index contributed by atoms with van der Waals surface area (Å²) >= 11 is 0. The largest absolute Gasteiger partial charge is 0.493 e. The van der Waals surface area contributed by atoms with Gasteiger partial charge in [-0.15, -0.1) is 0 Å². The lowest BCUT2D eigenvalue weighted by molar-refractivity contribution is 0.0697. The summed E-state index contributed by atoms with van der Waals surface area (Å²) in [5, 5.41) is 8.92. The zero-order valence-corrected chi connectivity index (χ0v) is 16.4. The van der Waals surface area contributed by atoms with E-state index >= 15 is 0 Å². The number of carbonyl (C=O) groups is 1. The molecule has 1 aliphatic carbocycles. The van der Waals surface area contributed by atoms with E-state index in [9.17, 15) is 4.79 Å². The van der Waals surface area contributed by atoms with Crippen molar-refractivity contribution < 1.29 is 14.6 Å². The SMILES string of the molecule is CCCCCCCCCC1CCC(COc2ccc(C(=O)O)cc2)CC1. The number of carboxylic acids is 1. The molecule has 0 aliphatic heterocycles. The Morgan fingerprint density at radius 1 is 0.923 bits per heavy atom. The molecular weight excluding hydrogens is 324 g/mol. The lowest BCUT2D eigenvalue weighted by Gasteiger charge is -2.28. The number of hydrogen-bond donors (Lipinski definition) is 1. The second-order valence-electron chi connectivity index (χ2n) is 7.94. The number of rotatable bonds is 12. The fourth-order valence-corrected chi connectivity index (χ4v) is 3.98. The Morgan fingerprint density at radius 3 is 2.12 bits per heavy atom. The summed E-state index contributed by atoms with van der Waals surface area (Å²) in [6.07, 6.45) is 16.5. The standard InChI is InChI=1S/C23H36O3/c1-2-3-4-5-6-7-8-9-19-10-12-20(13-11-19)18-26-22-16-14-21(15-17-22)23(24)25/h14-17,19-20H,2-13,18H2,1H3,(H,24,25). The number of unbranched alkanes of at least 4 members (excludes halogenated alkanes) is 6. The smallest absolute Gasteiger partial charge is 0.335 e. The molecule has 1 aliphatic rings. The van der Waals surface area contributed by atoms with Crippen LogP contribution in [0.1, 0.15) is 94.3 Å². The van der Waals surface area contributed by atoms with E-state index in [0.29, 0.717) is 11.5 Å². The lowest BCUT2D eigenvalue weighted by atomic mass is 9.80. The third-order valence-corrected chi connectivity index (χ3v) is 5.77. The third-order valence-electron chi connectivity index (χ3n) is 5.77. The molecular formula is C23H36O3. The number of hydrogen-bond acceptors (Lipinski definition) is 2. The highest BCUT2D eigenvalue weighted by atomic mass is 16.5. The molecule has 146 valence electrons. The van der Waals surface area contributed by atoms with Gasteiger partial charge >= 0.3 is 5.97 Å². The zero-order valence-electron chi connectivity index (χ0n) is 16.4. The van der Waals surface area contributed by atoms with Crippen LogP contribution in [-0.2, 0) is 0 Å². The summed E-state index contributed by atoms with van der Waals surface area (Å²) in [6, 6.07) is 6.73. The average Bonchev–Trinajstić information content (AvgIpc) is 2.67. The van der Waals surface area contributed by atoms with Crippen molar-refractivity contribution >= 4 is 5.97 Å². The van der Waals surface area contributed by atoms with Crippen LogP contribution < -0.4 is 4.74 Å². The monoisotopic (exact) mass is 360 g/mol. The maximum absolute atomic E-state index is 10.9. The molecule has 0 heterocycles. The van der Waals surface area contributed by atoms with Crippen molar-refractivity contribution in [3.8, 4) is 5.75 Å². The maximum Gasteiger partial charge on any atom is 0.335 e. The van der Waals surface area contributed by atoms with Gasteiger partial charge in [0.05, 0.1) is 12.2 Å². The lowest BCUT2D eigenvalue weighted by Crippen LogP contribution is -2.20. The van der Waals surface area contributed by atoms with Gasteiger partial charge in [-0.2, -0.15) is 0 Å². The second kappa shape index (κ2) is 12.0. The second-order valence-corrected chi connectivity index (χ2v) is 7.94. The van der Waals surface area contributed by atoms with E-state index in [2.05, 4.69) is 6.92 Å². The van der Waals surface area contributed by atoms with Gasteiger partial charge in [0, 0.05) is 0 Å². The minimum Gasteiger partial charge on any atom is -0.493 e. The highest BCUT2D eigenvalue weighted by molar-refractivity contribution is 5.87. The molecule has 0 bridgehead atoms. The van der Waals surface area contributed by atoms with Gasteiger partial charge in [0.2, 0.25) is 0 Å². The molecule has 0 amide bonds. The van der Waals surface area contributed by atoms with Crippen molar-refractivity contribution in [1.29, 1.82) is 0 Å². The Balaban J connectivity index is 1.53. The molecule has 1 fully saturated rings. The molecule has 0 aromatic heterocycles. The van der Waals surface area contributed by atoms with Crippen LogP contribution in [0.2, 0.25) is 0 Å². The van der Waals surface area contributed by atoms with Crippen LogP contribution in [0.15, 0.2) is 24.3 Å². The van der Waals surface area contributed by atoms with Crippen molar-refractivity contribution in [2.24, 2.45) is 11.8 Å². The summed E-state index contributed by atoms with van der Waals surface area (Å²) in [4.78, 5) is 10.9. The first-order valence-corrected chi connectivity index (χ1v) is 10.6. The van der Waals surface area contributed by atoms with Gasteiger partial charge in [-0.3, -0.25) is 0 Å². The van der Waals surface area contributed by atoms with Crippen LogP contribution in [0.3, 0.4) is 0 Å². The van der Waals surface area contributed by atoms with Crippen LogP contribution in [0, 0.1) is 11.8 Å². The Morgan fingerprint density at radius 2 is 1.50 bits per heavy atom. The maximum atomic E-state index is 10.9. The van der Waals surface area contributed by atoms with Crippen LogP contribution in [-0.4, -0.2) is 17.7 Å². The molecule has 2 rings (SSSR count). The van der Waals surface area contributed by atoms with E-state index in [0.717, 1.165) is 18.3 Å². The normalized spacial score (nSPS) is 20.0. The minimum atomic E-state index is -0.893. The summed E-state index contributed by atoms with van der Waals surface area (Å²) in [6.45, 7) is 3.03. The van der Waals surface area contributed by atoms with Gasteiger partial charge in [-0.05, 0) is 48.9 Å². The van der Waals surface area contributed by atoms with Gasteiger partial charge < -0.3 is 9.84 Å². The van der Waals surface area contributed by atoms with Gasteiger partial charge in [0.15, 0.2) is 0 Å². The van der Waals surface area contributed by atoms with Crippen molar-refractivity contribution in [2.75, 3.05) is 6.61 Å². The molecule has 0 radical (unpaired) electrons. The molecule has 1 aromatic carbocycles. The van der Waals surface area contributed by atoms with Crippen LogP contribution in [0.4, 0.5) is 0 Å². The van der Waals surface area contributed by atoms with Crippen molar-refractivity contribution in [3.05, 3.63) is 29.8 Å². The first-order chi connectivity index (χ1) is 12.7. The quantitative estimate of drug-likeness (QED) is 0.421. The highest BCUT2D eigenvalue weighted by Crippen LogP contribution is 2.32. The molecule has 26 heavy (non-hydrogen) atoms. The Bertz CT molecular complexity index is 501. The van der Waals surface area contributed by atoms with Gasteiger partial charge in [-0.1, -0.05) is 71.1 Å². The van der Waals surface area contributed by atoms with Crippen LogP contribution in [0.5, 0.6) is 5.75 Å². The predicted molar refractivity (Wildman–Crippen MR) is 107 cm³/mol. The number of benzene rings is 1. The van der Waals surface area contributed by atoms with E-state index < -0.39 is 5.97 Å². The minimum absolute atomic E-state index is 0.309. The zero-order chi connectivity index (χ0) is 18.6. The summed E-state index contributed by atoms with van der Waals surface area (Å²) in [5.41, 5.74) is 0.309. The molecule has 3 heteroatoms. The topological polar surface area (TPSA) is 46.5 Å². The average molecular weight is 361 g/mol. The Kier molecular flexibility index (Phi) is 9.58. The molecule has 1 aromatic rings. The molecule has 0 atom stereocenters. The first kappa shape index (κ1) is 20.8. The van der Waals surface area contributed by atoms with Crippen molar-refractivity contribution in [3.63, 3.8) is 0 Å². The van der Waals surface area contributed by atoms with Gasteiger partial charge in [-0.25, -0.2) is 4.79 Å². The number of aromatic carboxylic acids is 1. The van der Waals surface area contributed by atoms with Crippen LogP contribution in [0.25, 0.3) is 0 Å². The fraction of sp³-hybridized carbons (Fsp3) is 0.696. The Hall–Kier alpha value is -1.51. The van der Waals surface area contributed by atoms with Crippen molar-refractivity contribution in [2.45, 2.75) is 84.0 Å². The molecule has 1 saturated carbocycles. The highest BCUT2D eigenvalue weighted by Gasteiger charge is 2.21. The molecule has 3 nitrogen and oxygen atoms in total. The summed E-state index contributed by atoms with van der Waals surface area (Å²) in [5.74, 6) is 1.47. The van der Waals surface area contributed by atoms with Gasteiger partial charge in [0.1, 0.15) is 5.75 Å². The Labute approximate surface area is 159 Å². The molecule has 0 saturated heterocycles. The third kappa shape index (κ3) is 7.80. The van der Waals surface area contributed by atoms with Gasteiger partial charge in [0.25, 0.3) is 0 Å². The fourth-order valence-electron chi connectivity index (χ4n) is 3.98. The number of carboxylic acid groups (broad SMARTS) is 1. The van der Waals surface area contributed by atoms with E-state index in [1.807, 2.05) is 0 Å². The molecule has 1 N–H and O–H groups in total. The van der Waals surface area contributed by atoms with E-state index in [1.54, 1.807) is 24.3 Å². The van der Waals surface area contributed by atoms with E-state index in [4.69, 9.17) is 9.84 Å².